The first-order valence-electron chi connectivity index (χ1n) is 12.2. The molecule has 2 aromatic rings. The Morgan fingerprint density at radius 1 is 1.18 bits per heavy atom. The number of hydrogen-bond donors (Lipinski definition) is 0. The SMILES string of the molecule is CCOC(=O)CS(=O)(=O)N(CC=Cc1cccc(C#N)c1)c1ccc(OC2CCN(S(C)(=O)=O)CC2)c(Cl)c1. The van der Waals surface area contributed by atoms with Gasteiger partial charge in [-0.2, -0.15) is 5.26 Å². The standard InChI is InChI=1S/C26H30ClN3O7S2/c1-3-36-26(31)19-39(34,35)30(13-5-8-20-6-4-7-21(16-20)18-28)22-9-10-25(24(27)17-22)37-23-11-14-29(15-12-23)38(2,32)33/h4-10,16-17,23H,3,11-15,19H2,1-2H3. The van der Waals surface area contributed by atoms with Gasteiger partial charge in [0.25, 0.3) is 0 Å². The van der Waals surface area contributed by atoms with Crippen LogP contribution >= 0.6 is 11.6 Å². The number of nitriles is 1. The van der Waals surface area contributed by atoms with E-state index in [1.807, 2.05) is 0 Å². The van der Waals surface area contributed by atoms with Gasteiger partial charge < -0.3 is 9.47 Å². The zero-order valence-corrected chi connectivity index (χ0v) is 24.0. The number of anilines is 1. The summed E-state index contributed by atoms with van der Waals surface area (Å²) < 4.78 is 63.2. The van der Waals surface area contributed by atoms with Crippen molar-refractivity contribution in [2.45, 2.75) is 25.9 Å². The van der Waals surface area contributed by atoms with Gasteiger partial charge >= 0.3 is 5.97 Å². The van der Waals surface area contributed by atoms with Crippen molar-refractivity contribution in [1.29, 1.82) is 5.26 Å². The quantitative estimate of drug-likeness (QED) is 0.361. The largest absolute Gasteiger partial charge is 0.489 e. The van der Waals surface area contributed by atoms with Crippen LogP contribution in [0.3, 0.4) is 0 Å². The average molecular weight is 596 g/mol. The van der Waals surface area contributed by atoms with E-state index >= 15 is 0 Å². The topological polar surface area (TPSA) is 134 Å². The predicted octanol–water partition coefficient (Wildman–Crippen LogP) is 3.43. The maximum atomic E-state index is 13.2. The number of piperidine rings is 1. The van der Waals surface area contributed by atoms with Crippen LogP contribution in [0.1, 0.15) is 30.9 Å². The summed E-state index contributed by atoms with van der Waals surface area (Å²) in [7, 11) is -7.41. The van der Waals surface area contributed by atoms with Crippen LogP contribution in [0.4, 0.5) is 5.69 Å². The van der Waals surface area contributed by atoms with Gasteiger partial charge in [-0.3, -0.25) is 9.10 Å². The van der Waals surface area contributed by atoms with Gasteiger partial charge in [0, 0.05) is 13.1 Å². The number of halogens is 1. The first kappa shape index (κ1) is 30.4. The third-order valence-electron chi connectivity index (χ3n) is 5.91. The maximum absolute atomic E-state index is 13.2. The van der Waals surface area contributed by atoms with Crippen LogP contribution in [-0.4, -0.2) is 71.5 Å². The number of nitrogens with zero attached hydrogens (tertiary/aromatic N) is 3. The molecule has 0 radical (unpaired) electrons. The zero-order chi connectivity index (χ0) is 28.6. The van der Waals surface area contributed by atoms with Crippen molar-refractivity contribution in [3.63, 3.8) is 0 Å². The van der Waals surface area contributed by atoms with Crippen LogP contribution in [0.2, 0.25) is 5.02 Å². The minimum Gasteiger partial charge on any atom is -0.489 e. The van der Waals surface area contributed by atoms with E-state index in [1.54, 1.807) is 49.4 Å². The number of esters is 1. The molecule has 1 saturated heterocycles. The smallest absolute Gasteiger partial charge is 0.323 e. The molecular formula is C26H30ClN3O7S2. The molecule has 0 aliphatic carbocycles. The molecule has 210 valence electrons. The number of rotatable bonds is 11. The summed E-state index contributed by atoms with van der Waals surface area (Å²) in [4.78, 5) is 12.0. The fraction of sp³-hybridized carbons (Fsp3) is 0.385. The van der Waals surface area contributed by atoms with Gasteiger partial charge in [0.1, 0.15) is 11.9 Å². The second-order valence-corrected chi connectivity index (χ2v) is 13.1. The van der Waals surface area contributed by atoms with E-state index < -0.39 is 31.8 Å². The van der Waals surface area contributed by atoms with Crippen molar-refractivity contribution >= 4 is 49.4 Å². The fourth-order valence-electron chi connectivity index (χ4n) is 4.01. The lowest BCUT2D eigenvalue weighted by Gasteiger charge is -2.31. The summed E-state index contributed by atoms with van der Waals surface area (Å²) >= 11 is 6.47. The van der Waals surface area contributed by atoms with Gasteiger partial charge in [-0.05, 0) is 55.7 Å². The summed E-state index contributed by atoms with van der Waals surface area (Å²) in [6.45, 7) is 2.19. The van der Waals surface area contributed by atoms with E-state index in [9.17, 15) is 21.6 Å². The van der Waals surface area contributed by atoms with Crippen LogP contribution in [0.5, 0.6) is 5.75 Å². The Labute approximate surface area is 234 Å². The van der Waals surface area contributed by atoms with Crippen LogP contribution < -0.4 is 9.04 Å². The second kappa shape index (κ2) is 13.3. The first-order valence-corrected chi connectivity index (χ1v) is 16.0. The minimum absolute atomic E-state index is 0.0461. The molecule has 10 nitrogen and oxygen atoms in total. The Hall–Kier alpha value is -3.11. The van der Waals surface area contributed by atoms with Crippen LogP contribution in [0, 0.1) is 11.3 Å². The number of benzene rings is 2. The highest BCUT2D eigenvalue weighted by molar-refractivity contribution is 7.93. The molecule has 2 aromatic carbocycles. The molecule has 0 unspecified atom stereocenters. The highest BCUT2D eigenvalue weighted by Crippen LogP contribution is 2.33. The average Bonchev–Trinajstić information content (AvgIpc) is 2.87. The lowest BCUT2D eigenvalue weighted by molar-refractivity contribution is -0.139. The molecule has 1 fully saturated rings. The van der Waals surface area contributed by atoms with Crippen molar-refractivity contribution in [3.8, 4) is 11.8 Å². The summed E-state index contributed by atoms with van der Waals surface area (Å²) in [6.07, 6.45) is 5.18. The Balaban J connectivity index is 1.81. The summed E-state index contributed by atoms with van der Waals surface area (Å²) in [5.41, 5.74) is 1.40. The van der Waals surface area contributed by atoms with Gasteiger partial charge in [0.2, 0.25) is 20.0 Å². The van der Waals surface area contributed by atoms with Crippen molar-refractivity contribution in [1.82, 2.24) is 4.31 Å². The van der Waals surface area contributed by atoms with Gasteiger partial charge in [-0.15, -0.1) is 0 Å². The molecule has 1 aliphatic rings. The van der Waals surface area contributed by atoms with E-state index in [4.69, 9.17) is 26.3 Å². The van der Waals surface area contributed by atoms with Crippen LogP contribution in [0.15, 0.2) is 48.5 Å². The molecule has 0 amide bonds. The number of hydrogen-bond acceptors (Lipinski definition) is 8. The summed E-state index contributed by atoms with van der Waals surface area (Å²) in [5.74, 6) is -1.39. The van der Waals surface area contributed by atoms with E-state index in [-0.39, 0.29) is 30.0 Å². The normalized spacial score (nSPS) is 15.1. The molecule has 3 rings (SSSR count). The van der Waals surface area contributed by atoms with Gasteiger partial charge in [-0.1, -0.05) is 35.9 Å². The van der Waals surface area contributed by atoms with Gasteiger partial charge in [-0.25, -0.2) is 21.1 Å². The van der Waals surface area contributed by atoms with Crippen molar-refractivity contribution in [3.05, 3.63) is 64.7 Å². The molecule has 13 heteroatoms. The Bertz CT molecular complexity index is 1460. The number of ether oxygens (including phenoxy) is 2. The molecule has 0 bridgehead atoms. The van der Waals surface area contributed by atoms with E-state index in [1.165, 1.54) is 22.7 Å². The molecule has 1 heterocycles. The lowest BCUT2D eigenvalue weighted by atomic mass is 10.1. The molecule has 0 aromatic heterocycles. The monoisotopic (exact) mass is 595 g/mol. The Morgan fingerprint density at radius 3 is 2.51 bits per heavy atom. The second-order valence-electron chi connectivity index (χ2n) is 8.83. The number of sulfonamides is 2. The van der Waals surface area contributed by atoms with Gasteiger partial charge in [0.05, 0.1) is 41.8 Å². The third kappa shape index (κ3) is 8.69. The lowest BCUT2D eigenvalue weighted by Crippen LogP contribution is -2.41. The molecule has 0 atom stereocenters. The summed E-state index contributed by atoms with van der Waals surface area (Å²) in [5, 5.41) is 9.27. The fourth-order valence-corrected chi connectivity index (χ4v) is 6.39. The van der Waals surface area contributed by atoms with Crippen molar-refractivity contribution in [2.24, 2.45) is 0 Å². The van der Waals surface area contributed by atoms with Crippen molar-refractivity contribution in [2.75, 3.05) is 42.6 Å². The third-order valence-corrected chi connectivity index (χ3v) is 9.14. The molecular weight excluding hydrogens is 566 g/mol. The van der Waals surface area contributed by atoms with Crippen molar-refractivity contribution < 1.29 is 31.1 Å². The molecule has 0 N–H and O–H groups in total. The predicted molar refractivity (Wildman–Crippen MR) is 149 cm³/mol. The molecule has 0 spiro atoms. The number of carbonyl (C=O) groups is 1. The Kier molecular flexibility index (Phi) is 10.4. The van der Waals surface area contributed by atoms with Gasteiger partial charge in [0.15, 0.2) is 5.75 Å². The highest BCUT2D eigenvalue weighted by Gasteiger charge is 2.28. The number of carbonyl (C=O) groups excluding carboxylic acids is 1. The van der Waals surface area contributed by atoms with Crippen LogP contribution in [-0.2, 0) is 29.6 Å². The summed E-state index contributed by atoms with van der Waals surface area (Å²) in [6, 6.07) is 13.4. The minimum atomic E-state index is -4.15. The maximum Gasteiger partial charge on any atom is 0.323 e. The van der Waals surface area contributed by atoms with E-state index in [2.05, 4.69) is 6.07 Å². The van der Waals surface area contributed by atoms with Crippen LogP contribution in [0.25, 0.3) is 6.08 Å². The Morgan fingerprint density at radius 2 is 1.90 bits per heavy atom. The first-order chi connectivity index (χ1) is 18.4. The van der Waals surface area contributed by atoms with E-state index in [0.29, 0.717) is 42.8 Å². The molecule has 1 aliphatic heterocycles. The zero-order valence-electron chi connectivity index (χ0n) is 21.6. The van der Waals surface area contributed by atoms with E-state index in [0.717, 1.165) is 4.31 Å². The molecule has 0 saturated carbocycles. The highest BCUT2D eigenvalue weighted by atomic mass is 35.5. The molecule has 39 heavy (non-hydrogen) atoms.